The van der Waals surface area contributed by atoms with Crippen LogP contribution in [-0.4, -0.2) is 53.0 Å². The first-order valence-electron chi connectivity index (χ1n) is 13.0. The van der Waals surface area contributed by atoms with E-state index in [1.165, 1.54) is 22.9 Å². The molecule has 2 aliphatic rings. The van der Waals surface area contributed by atoms with E-state index >= 15 is 4.39 Å². The van der Waals surface area contributed by atoms with Gasteiger partial charge in [-0.2, -0.15) is 0 Å². The van der Waals surface area contributed by atoms with Gasteiger partial charge in [-0.05, 0) is 43.5 Å². The number of hydrogen-bond acceptors (Lipinski definition) is 4. The third-order valence-electron chi connectivity index (χ3n) is 7.46. The average molecular weight is 530 g/mol. The fourth-order valence-electron chi connectivity index (χ4n) is 5.27. The molecule has 3 aromatic carbocycles. The molecule has 194 valence electrons. The highest BCUT2D eigenvalue weighted by atomic mass is 31.1. The largest absolute Gasteiger partial charge is 0.477 e. The minimum Gasteiger partial charge on any atom is -0.477 e. The van der Waals surface area contributed by atoms with Crippen molar-refractivity contribution in [1.29, 1.82) is 0 Å². The van der Waals surface area contributed by atoms with Gasteiger partial charge in [-0.3, -0.25) is 9.69 Å². The number of anilines is 1. The van der Waals surface area contributed by atoms with E-state index in [2.05, 4.69) is 53.4 Å². The molecule has 0 radical (unpaired) electrons. The summed E-state index contributed by atoms with van der Waals surface area (Å²) < 4.78 is 17.2. The van der Waals surface area contributed by atoms with E-state index in [1.54, 1.807) is 6.07 Å². The number of carboxylic acid groups (broad SMARTS) is 1. The number of carbonyl (C=O) groups is 1. The van der Waals surface area contributed by atoms with Crippen LogP contribution in [0, 0.1) is 5.82 Å². The highest BCUT2D eigenvalue weighted by Gasteiger charge is 2.29. The fraction of sp³-hybridized carbons (Fsp3) is 0.267. The van der Waals surface area contributed by atoms with Crippen molar-refractivity contribution in [2.24, 2.45) is 0 Å². The minimum absolute atomic E-state index is 0.132. The van der Waals surface area contributed by atoms with E-state index in [0.29, 0.717) is 24.3 Å². The second-order valence-electron chi connectivity index (χ2n) is 9.98. The second-order valence-corrected chi connectivity index (χ2v) is 12.2. The molecular formula is C30H29FN3O3P. The Morgan fingerprint density at radius 2 is 1.53 bits per heavy atom. The van der Waals surface area contributed by atoms with Crippen molar-refractivity contribution in [1.82, 2.24) is 9.47 Å². The maximum atomic E-state index is 15.4. The normalized spacial score (nSPS) is 16.3. The molecule has 0 bridgehead atoms. The van der Waals surface area contributed by atoms with Gasteiger partial charge in [-0.25, -0.2) is 9.18 Å². The molecule has 0 atom stereocenters. The first-order chi connectivity index (χ1) is 18.5. The van der Waals surface area contributed by atoms with Crippen LogP contribution in [0.4, 0.5) is 10.1 Å². The highest BCUT2D eigenvalue weighted by Crippen LogP contribution is 2.39. The van der Waals surface area contributed by atoms with Crippen LogP contribution < -0.4 is 20.9 Å². The zero-order chi connectivity index (χ0) is 26.2. The van der Waals surface area contributed by atoms with Crippen molar-refractivity contribution in [3.8, 4) is 0 Å². The van der Waals surface area contributed by atoms with Crippen LogP contribution in [0.15, 0.2) is 83.8 Å². The summed E-state index contributed by atoms with van der Waals surface area (Å²) in [5.74, 6) is -1.76. The molecule has 0 unspecified atom stereocenters. The molecule has 1 saturated heterocycles. The van der Waals surface area contributed by atoms with Gasteiger partial charge in [-0.15, -0.1) is 0 Å². The standard InChI is InChI=1S/C30H29FN3O3P/c31-26-17-24-27(34(21-11-12-21)19-25(29(24)35)30(36)37)18-28(26)33-15-13-32(14-16-33)20-38(22-7-3-1-4-8-22)23-9-5-2-6-10-23/h1-10,17-19,21H,11-16,20H2,(H,36,37). The van der Waals surface area contributed by atoms with E-state index in [9.17, 15) is 14.7 Å². The van der Waals surface area contributed by atoms with Crippen molar-refractivity contribution in [3.63, 3.8) is 0 Å². The summed E-state index contributed by atoms with van der Waals surface area (Å²) in [6, 6.07) is 24.4. The predicted molar refractivity (Wildman–Crippen MR) is 151 cm³/mol. The molecular weight excluding hydrogens is 500 g/mol. The van der Waals surface area contributed by atoms with E-state index in [0.717, 1.165) is 32.2 Å². The van der Waals surface area contributed by atoms with Crippen LogP contribution in [0.3, 0.4) is 0 Å². The Morgan fingerprint density at radius 1 is 0.921 bits per heavy atom. The highest BCUT2D eigenvalue weighted by molar-refractivity contribution is 7.72. The number of aromatic nitrogens is 1. The summed E-state index contributed by atoms with van der Waals surface area (Å²) in [7, 11) is -0.542. The van der Waals surface area contributed by atoms with E-state index in [-0.39, 0.29) is 17.0 Å². The van der Waals surface area contributed by atoms with Gasteiger partial charge in [-0.1, -0.05) is 60.7 Å². The summed E-state index contributed by atoms with van der Waals surface area (Å²) >= 11 is 0. The number of nitrogens with zero attached hydrogens (tertiary/aromatic N) is 3. The molecule has 1 N–H and O–H groups in total. The Bertz CT molecular complexity index is 1490. The van der Waals surface area contributed by atoms with Crippen LogP contribution in [0.25, 0.3) is 10.9 Å². The predicted octanol–water partition coefficient (Wildman–Crippen LogP) is 4.39. The molecule has 1 aromatic heterocycles. The molecule has 6 nitrogen and oxygen atoms in total. The number of fused-ring (bicyclic) bond motifs is 1. The van der Waals surface area contributed by atoms with Gasteiger partial charge in [0.15, 0.2) is 0 Å². The monoisotopic (exact) mass is 529 g/mol. The number of benzene rings is 3. The Morgan fingerprint density at radius 3 is 2.08 bits per heavy atom. The smallest absolute Gasteiger partial charge is 0.341 e. The Balaban J connectivity index is 1.24. The molecule has 6 rings (SSSR count). The molecule has 4 aromatic rings. The summed E-state index contributed by atoms with van der Waals surface area (Å²) in [4.78, 5) is 28.9. The van der Waals surface area contributed by atoms with Crippen molar-refractivity contribution >= 4 is 41.1 Å². The molecule has 1 aliphatic carbocycles. The lowest BCUT2D eigenvalue weighted by Gasteiger charge is -2.38. The number of rotatable bonds is 7. The van der Waals surface area contributed by atoms with Gasteiger partial charge in [0.05, 0.1) is 11.2 Å². The van der Waals surface area contributed by atoms with Gasteiger partial charge in [0.1, 0.15) is 11.4 Å². The topological polar surface area (TPSA) is 65.8 Å². The third kappa shape index (κ3) is 4.84. The van der Waals surface area contributed by atoms with Crippen LogP contribution >= 0.6 is 7.92 Å². The number of hydrogen-bond donors (Lipinski definition) is 1. The average Bonchev–Trinajstić information content (AvgIpc) is 3.79. The van der Waals surface area contributed by atoms with Crippen molar-refractivity contribution < 1.29 is 14.3 Å². The minimum atomic E-state index is -1.28. The second kappa shape index (κ2) is 10.3. The zero-order valence-electron chi connectivity index (χ0n) is 21.0. The van der Waals surface area contributed by atoms with Gasteiger partial charge in [0.25, 0.3) is 0 Å². The lowest BCUT2D eigenvalue weighted by molar-refractivity contribution is 0.0695. The number of piperazine rings is 1. The number of aromatic carboxylic acids is 1. The summed E-state index contributed by atoms with van der Waals surface area (Å²) in [5, 5.41) is 12.3. The molecule has 38 heavy (non-hydrogen) atoms. The number of pyridine rings is 1. The Kier molecular flexibility index (Phi) is 6.73. The van der Waals surface area contributed by atoms with Gasteiger partial charge in [0, 0.05) is 50.1 Å². The van der Waals surface area contributed by atoms with Crippen LogP contribution in [0.5, 0.6) is 0 Å². The molecule has 2 fully saturated rings. The van der Waals surface area contributed by atoms with Crippen LogP contribution in [-0.2, 0) is 0 Å². The van der Waals surface area contributed by atoms with E-state index in [4.69, 9.17) is 0 Å². The Labute approximate surface area is 221 Å². The molecule has 0 amide bonds. The van der Waals surface area contributed by atoms with Crippen molar-refractivity contribution in [2.75, 3.05) is 37.4 Å². The lowest BCUT2D eigenvalue weighted by atomic mass is 10.1. The lowest BCUT2D eigenvalue weighted by Crippen LogP contribution is -2.47. The van der Waals surface area contributed by atoms with E-state index in [1.807, 2.05) is 21.6 Å². The first kappa shape index (κ1) is 24.8. The molecule has 1 aliphatic heterocycles. The van der Waals surface area contributed by atoms with Gasteiger partial charge in [0.2, 0.25) is 5.43 Å². The fourth-order valence-corrected chi connectivity index (χ4v) is 7.64. The Hall–Kier alpha value is -3.54. The van der Waals surface area contributed by atoms with Crippen molar-refractivity contribution in [2.45, 2.75) is 18.9 Å². The maximum absolute atomic E-state index is 15.4. The van der Waals surface area contributed by atoms with Gasteiger partial charge < -0.3 is 14.6 Å². The summed E-state index contributed by atoms with van der Waals surface area (Å²) in [6.45, 7) is 2.97. The SMILES string of the molecule is O=C(O)c1cn(C2CC2)c2cc(N3CCN(CP(c4ccccc4)c4ccccc4)CC3)c(F)cc2c1=O. The molecule has 8 heteroatoms. The molecule has 2 heterocycles. The molecule has 0 spiro atoms. The number of carboxylic acids is 1. The first-order valence-corrected chi connectivity index (χ1v) is 14.5. The van der Waals surface area contributed by atoms with Crippen molar-refractivity contribution in [3.05, 3.63) is 101 Å². The summed E-state index contributed by atoms with van der Waals surface area (Å²) in [5.41, 5.74) is 0.147. The quantitative estimate of drug-likeness (QED) is 0.360. The third-order valence-corrected chi connectivity index (χ3v) is 9.99. The van der Waals surface area contributed by atoms with Crippen LogP contribution in [0.1, 0.15) is 29.2 Å². The summed E-state index contributed by atoms with van der Waals surface area (Å²) in [6.07, 6.45) is 4.22. The zero-order valence-corrected chi connectivity index (χ0v) is 21.9. The van der Waals surface area contributed by atoms with E-state index < -0.39 is 25.1 Å². The number of halogens is 1. The molecule has 1 saturated carbocycles. The van der Waals surface area contributed by atoms with Crippen LogP contribution in [0.2, 0.25) is 0 Å². The van der Waals surface area contributed by atoms with Gasteiger partial charge >= 0.3 is 5.97 Å². The maximum Gasteiger partial charge on any atom is 0.341 e.